The van der Waals surface area contributed by atoms with E-state index in [9.17, 15) is 0 Å². The van der Waals surface area contributed by atoms with E-state index in [1.807, 2.05) is 11.8 Å². The molecule has 2 aromatic carbocycles. The van der Waals surface area contributed by atoms with Crippen LogP contribution >= 0.6 is 11.8 Å². The van der Waals surface area contributed by atoms with Crippen LogP contribution in [-0.4, -0.2) is 25.7 Å². The van der Waals surface area contributed by atoms with E-state index in [0.29, 0.717) is 6.04 Å². The molecule has 0 amide bonds. The first kappa shape index (κ1) is 15.8. The third kappa shape index (κ3) is 2.99. The summed E-state index contributed by atoms with van der Waals surface area (Å²) in [5, 5.41) is 3.53. The third-order valence-electron chi connectivity index (χ3n) is 5.04. The Labute approximate surface area is 149 Å². The predicted octanol–water partition coefficient (Wildman–Crippen LogP) is 4.29. The van der Waals surface area contributed by atoms with Crippen LogP contribution in [0.2, 0.25) is 0 Å². The number of piperazine rings is 1. The minimum atomic E-state index is 0.512. The van der Waals surface area contributed by atoms with Gasteiger partial charge in [-0.1, -0.05) is 42.1 Å². The van der Waals surface area contributed by atoms with E-state index >= 15 is 0 Å². The van der Waals surface area contributed by atoms with Crippen LogP contribution in [0, 0.1) is 0 Å². The van der Waals surface area contributed by atoms with Gasteiger partial charge in [-0.25, -0.2) is 0 Å². The van der Waals surface area contributed by atoms with E-state index in [1.165, 1.54) is 26.6 Å². The van der Waals surface area contributed by atoms with E-state index < -0.39 is 0 Å². The zero-order chi connectivity index (χ0) is 16.4. The number of nitrogens with zero attached hydrogens (tertiary/aromatic N) is 1. The molecule has 3 heteroatoms. The minimum Gasteiger partial charge on any atom is -0.365 e. The molecule has 4 rings (SSSR count). The maximum atomic E-state index is 3.95. The molecule has 124 valence electrons. The van der Waals surface area contributed by atoms with Crippen molar-refractivity contribution in [2.45, 2.75) is 35.1 Å². The lowest BCUT2D eigenvalue weighted by atomic mass is 10.00. The van der Waals surface area contributed by atoms with Crippen LogP contribution in [0.4, 0.5) is 5.69 Å². The number of hydrogen-bond acceptors (Lipinski definition) is 3. The minimum absolute atomic E-state index is 0.512. The van der Waals surface area contributed by atoms with Crippen LogP contribution in [0.1, 0.15) is 17.5 Å². The van der Waals surface area contributed by atoms with Gasteiger partial charge in [0.25, 0.3) is 0 Å². The molecule has 0 aromatic heterocycles. The van der Waals surface area contributed by atoms with Crippen molar-refractivity contribution in [3.63, 3.8) is 0 Å². The largest absolute Gasteiger partial charge is 0.365 e. The van der Waals surface area contributed by atoms with Gasteiger partial charge < -0.3 is 10.2 Å². The lowest BCUT2D eigenvalue weighted by molar-refractivity contribution is 0.477. The number of fused-ring (bicyclic) bond motifs is 2. The lowest BCUT2D eigenvalue weighted by Crippen LogP contribution is -2.51. The molecule has 24 heavy (non-hydrogen) atoms. The standard InChI is InChI=1S/C21H24N2S/c1-2-6-17-15-22-13-14-23(17)19-8-5-10-21-18(19)12-11-16-7-3-4-9-20(16)24-21/h2-5,7-10,17,22H,1,6,11-15H2. The summed E-state index contributed by atoms with van der Waals surface area (Å²) in [5.74, 6) is 0. The van der Waals surface area contributed by atoms with Crippen molar-refractivity contribution in [1.82, 2.24) is 5.32 Å². The molecule has 1 atom stereocenters. The highest BCUT2D eigenvalue weighted by molar-refractivity contribution is 7.99. The number of anilines is 1. The number of benzene rings is 2. The van der Waals surface area contributed by atoms with Crippen LogP contribution in [0.5, 0.6) is 0 Å². The lowest BCUT2D eigenvalue weighted by Gasteiger charge is -2.39. The van der Waals surface area contributed by atoms with E-state index in [-0.39, 0.29) is 0 Å². The molecule has 1 N–H and O–H groups in total. The van der Waals surface area contributed by atoms with Gasteiger partial charge in [-0.15, -0.1) is 6.58 Å². The molecule has 0 spiro atoms. The Kier molecular flexibility index (Phi) is 4.63. The molecule has 1 saturated heterocycles. The predicted molar refractivity (Wildman–Crippen MR) is 103 cm³/mol. The average Bonchev–Trinajstić information content (AvgIpc) is 2.81. The van der Waals surface area contributed by atoms with Gasteiger partial charge in [-0.3, -0.25) is 0 Å². The van der Waals surface area contributed by atoms with Crippen LogP contribution in [0.25, 0.3) is 0 Å². The Morgan fingerprint density at radius 3 is 2.92 bits per heavy atom. The Bertz CT molecular complexity index is 740. The summed E-state index contributed by atoms with van der Waals surface area (Å²) in [7, 11) is 0. The van der Waals surface area contributed by atoms with E-state index in [1.54, 1.807) is 0 Å². The van der Waals surface area contributed by atoms with Gasteiger partial charge in [0.15, 0.2) is 0 Å². The van der Waals surface area contributed by atoms with Crippen molar-refractivity contribution in [3.8, 4) is 0 Å². The number of rotatable bonds is 3. The molecule has 0 aliphatic carbocycles. The Balaban J connectivity index is 1.71. The van der Waals surface area contributed by atoms with Gasteiger partial charge >= 0.3 is 0 Å². The summed E-state index contributed by atoms with van der Waals surface area (Å²) < 4.78 is 0. The van der Waals surface area contributed by atoms with Crippen molar-refractivity contribution in [2.24, 2.45) is 0 Å². The van der Waals surface area contributed by atoms with E-state index in [2.05, 4.69) is 65.3 Å². The maximum Gasteiger partial charge on any atom is 0.0449 e. The quantitative estimate of drug-likeness (QED) is 0.842. The molecule has 2 heterocycles. The van der Waals surface area contributed by atoms with E-state index in [0.717, 1.165) is 38.9 Å². The van der Waals surface area contributed by atoms with Crippen LogP contribution in [-0.2, 0) is 12.8 Å². The average molecular weight is 337 g/mol. The molecule has 0 bridgehead atoms. The van der Waals surface area contributed by atoms with Crippen molar-refractivity contribution in [2.75, 3.05) is 24.5 Å². The fraction of sp³-hybridized carbons (Fsp3) is 0.333. The zero-order valence-corrected chi connectivity index (χ0v) is 14.8. The molecule has 0 radical (unpaired) electrons. The van der Waals surface area contributed by atoms with Crippen molar-refractivity contribution >= 4 is 17.4 Å². The summed E-state index contributed by atoms with van der Waals surface area (Å²) >= 11 is 1.93. The van der Waals surface area contributed by atoms with Gasteiger partial charge in [0.2, 0.25) is 0 Å². The second kappa shape index (κ2) is 7.04. The zero-order valence-electron chi connectivity index (χ0n) is 14.0. The first-order valence-electron chi connectivity index (χ1n) is 8.82. The fourth-order valence-corrected chi connectivity index (χ4v) is 5.00. The smallest absolute Gasteiger partial charge is 0.0449 e. The molecule has 2 aromatic rings. The maximum absolute atomic E-state index is 3.95. The highest BCUT2D eigenvalue weighted by Crippen LogP contribution is 2.41. The van der Waals surface area contributed by atoms with Crippen LogP contribution in [0.15, 0.2) is 64.9 Å². The molecule has 0 saturated carbocycles. The SMILES string of the molecule is C=CCC1CNCCN1c1cccc2c1CCc1ccccc1S2. The molecule has 2 aliphatic heterocycles. The molecule has 2 nitrogen and oxygen atoms in total. The monoisotopic (exact) mass is 336 g/mol. The summed E-state index contributed by atoms with van der Waals surface area (Å²) in [6.45, 7) is 7.13. The molecular weight excluding hydrogens is 312 g/mol. The number of aryl methyl sites for hydroxylation is 1. The second-order valence-electron chi connectivity index (χ2n) is 6.54. The first-order valence-corrected chi connectivity index (χ1v) is 9.64. The van der Waals surface area contributed by atoms with Crippen molar-refractivity contribution in [3.05, 3.63) is 66.2 Å². The molecule has 1 unspecified atom stereocenters. The fourth-order valence-electron chi connectivity index (χ4n) is 3.84. The normalized spacial score (nSPS) is 20.0. The topological polar surface area (TPSA) is 15.3 Å². The Hall–Kier alpha value is -1.71. The number of hydrogen-bond donors (Lipinski definition) is 1. The number of nitrogens with one attached hydrogen (secondary N) is 1. The van der Waals surface area contributed by atoms with Gasteiger partial charge in [-0.05, 0) is 48.6 Å². The van der Waals surface area contributed by atoms with Crippen LogP contribution < -0.4 is 10.2 Å². The van der Waals surface area contributed by atoms with Crippen molar-refractivity contribution < 1.29 is 0 Å². The highest BCUT2D eigenvalue weighted by atomic mass is 32.2. The van der Waals surface area contributed by atoms with Gasteiger partial charge in [0.05, 0.1) is 0 Å². The summed E-state index contributed by atoms with van der Waals surface area (Å²) in [6, 6.07) is 16.2. The second-order valence-corrected chi connectivity index (χ2v) is 7.62. The molecule has 2 aliphatic rings. The van der Waals surface area contributed by atoms with Crippen LogP contribution in [0.3, 0.4) is 0 Å². The van der Waals surface area contributed by atoms with Gasteiger partial charge in [0.1, 0.15) is 0 Å². The first-order chi connectivity index (χ1) is 11.9. The third-order valence-corrected chi connectivity index (χ3v) is 6.26. The summed E-state index contributed by atoms with van der Waals surface area (Å²) in [4.78, 5) is 5.44. The van der Waals surface area contributed by atoms with Gasteiger partial charge in [0, 0.05) is 41.2 Å². The highest BCUT2D eigenvalue weighted by Gasteiger charge is 2.25. The molecule has 1 fully saturated rings. The molecular formula is C21H24N2S. The summed E-state index contributed by atoms with van der Waals surface area (Å²) in [6.07, 6.45) is 5.34. The van der Waals surface area contributed by atoms with E-state index in [4.69, 9.17) is 0 Å². The van der Waals surface area contributed by atoms with Crippen molar-refractivity contribution in [1.29, 1.82) is 0 Å². The Morgan fingerprint density at radius 1 is 1.12 bits per heavy atom. The van der Waals surface area contributed by atoms with Gasteiger partial charge in [-0.2, -0.15) is 0 Å². The Morgan fingerprint density at radius 2 is 2.00 bits per heavy atom. The summed E-state index contributed by atoms with van der Waals surface area (Å²) in [5.41, 5.74) is 4.43.